The number of benzene rings is 1. The van der Waals surface area contributed by atoms with Crippen molar-refractivity contribution in [3.8, 4) is 0 Å². The standard InChI is InChI=1S/C21H31ClN2O2S/c1-2-16-6-7-19-17(13-16)8-11-23-15-18-5-3-10-24(20(18)14-21(19)23)27(25,26)12-4-9-22/h6-7,13,18,20-21H,2-5,8-12,14-15H2,1H3/t18-,20+,21+/m1/s1. The molecule has 1 aromatic carbocycles. The molecular weight excluding hydrogens is 380 g/mol. The van der Waals surface area contributed by atoms with E-state index < -0.39 is 10.0 Å². The first-order valence-electron chi connectivity index (χ1n) is 10.4. The first kappa shape index (κ1) is 19.7. The highest BCUT2D eigenvalue weighted by atomic mass is 35.5. The minimum atomic E-state index is -3.21. The van der Waals surface area contributed by atoms with Crippen LogP contribution in [0.1, 0.15) is 55.3 Å². The lowest BCUT2D eigenvalue weighted by molar-refractivity contribution is 0.0220. The Balaban J connectivity index is 1.60. The number of alkyl halides is 1. The maximum absolute atomic E-state index is 12.9. The minimum Gasteiger partial charge on any atom is -0.296 e. The zero-order valence-electron chi connectivity index (χ0n) is 16.2. The summed E-state index contributed by atoms with van der Waals surface area (Å²) in [7, 11) is -3.21. The van der Waals surface area contributed by atoms with E-state index in [9.17, 15) is 8.42 Å². The quantitative estimate of drug-likeness (QED) is 0.696. The lowest BCUT2D eigenvalue weighted by atomic mass is 9.77. The third-order valence-corrected chi connectivity index (χ3v) is 9.02. The largest absolute Gasteiger partial charge is 0.296 e. The van der Waals surface area contributed by atoms with Gasteiger partial charge in [0.2, 0.25) is 10.0 Å². The van der Waals surface area contributed by atoms with Crippen LogP contribution in [0.15, 0.2) is 18.2 Å². The summed E-state index contributed by atoms with van der Waals surface area (Å²) in [6.07, 6.45) is 5.79. The molecular formula is C21H31ClN2O2S. The monoisotopic (exact) mass is 410 g/mol. The summed E-state index contributed by atoms with van der Waals surface area (Å²) in [5, 5.41) is 0. The number of hydrogen-bond acceptors (Lipinski definition) is 3. The minimum absolute atomic E-state index is 0.150. The number of piperidine rings is 2. The Morgan fingerprint density at radius 1 is 1.26 bits per heavy atom. The summed E-state index contributed by atoms with van der Waals surface area (Å²) in [5.74, 6) is 1.06. The predicted octanol–water partition coefficient (Wildman–Crippen LogP) is 3.59. The zero-order valence-corrected chi connectivity index (χ0v) is 17.8. The molecule has 3 aliphatic heterocycles. The molecule has 2 fully saturated rings. The van der Waals surface area contributed by atoms with E-state index in [1.165, 1.54) is 16.7 Å². The van der Waals surface area contributed by atoms with E-state index in [1.807, 2.05) is 4.31 Å². The van der Waals surface area contributed by atoms with E-state index in [-0.39, 0.29) is 11.8 Å². The van der Waals surface area contributed by atoms with Crippen LogP contribution in [0.3, 0.4) is 0 Å². The first-order chi connectivity index (χ1) is 13.0. The van der Waals surface area contributed by atoms with Crippen molar-refractivity contribution in [3.05, 3.63) is 34.9 Å². The van der Waals surface area contributed by atoms with Gasteiger partial charge in [0.25, 0.3) is 0 Å². The summed E-state index contributed by atoms with van der Waals surface area (Å²) in [6, 6.07) is 7.45. The molecule has 0 aromatic heterocycles. The molecule has 0 N–H and O–H groups in total. The molecule has 150 valence electrons. The predicted molar refractivity (Wildman–Crippen MR) is 111 cm³/mol. The molecule has 27 heavy (non-hydrogen) atoms. The average molecular weight is 411 g/mol. The molecule has 0 aliphatic carbocycles. The molecule has 0 radical (unpaired) electrons. The number of hydrogen-bond donors (Lipinski definition) is 0. The number of nitrogens with zero attached hydrogens (tertiary/aromatic N) is 2. The molecule has 3 heterocycles. The van der Waals surface area contributed by atoms with Crippen molar-refractivity contribution in [1.82, 2.24) is 9.21 Å². The van der Waals surface area contributed by atoms with Crippen LogP contribution in [0.25, 0.3) is 0 Å². The van der Waals surface area contributed by atoms with E-state index in [0.717, 1.165) is 45.2 Å². The number of halogens is 1. The van der Waals surface area contributed by atoms with Crippen LogP contribution < -0.4 is 0 Å². The van der Waals surface area contributed by atoms with Gasteiger partial charge in [-0.15, -0.1) is 11.6 Å². The van der Waals surface area contributed by atoms with Crippen LogP contribution in [0, 0.1) is 5.92 Å². The van der Waals surface area contributed by atoms with Gasteiger partial charge in [0, 0.05) is 37.6 Å². The van der Waals surface area contributed by atoms with Crippen molar-refractivity contribution in [2.75, 3.05) is 31.3 Å². The van der Waals surface area contributed by atoms with Crippen molar-refractivity contribution >= 4 is 21.6 Å². The summed E-state index contributed by atoms with van der Waals surface area (Å²) >= 11 is 5.77. The third kappa shape index (κ3) is 3.81. The van der Waals surface area contributed by atoms with Gasteiger partial charge in [0.1, 0.15) is 0 Å². The Morgan fingerprint density at radius 3 is 2.89 bits per heavy atom. The van der Waals surface area contributed by atoms with Gasteiger partial charge in [-0.25, -0.2) is 8.42 Å². The summed E-state index contributed by atoms with van der Waals surface area (Å²) in [6.45, 7) is 5.02. The number of aryl methyl sites for hydroxylation is 1. The van der Waals surface area contributed by atoms with Gasteiger partial charge in [-0.05, 0) is 61.1 Å². The SMILES string of the molecule is CCc1ccc2c(c1)CCN1C[C@H]3CCCN(S(=O)(=O)CCCCl)[C@H]3C[C@@H]21. The van der Waals surface area contributed by atoms with Crippen molar-refractivity contribution in [2.24, 2.45) is 5.92 Å². The second kappa shape index (κ2) is 8.02. The molecule has 0 unspecified atom stereocenters. The first-order valence-corrected chi connectivity index (χ1v) is 12.6. The average Bonchev–Trinajstić information content (AvgIpc) is 2.69. The van der Waals surface area contributed by atoms with Crippen LogP contribution in [0.4, 0.5) is 0 Å². The number of sulfonamides is 1. The Hall–Kier alpha value is -0.620. The highest BCUT2D eigenvalue weighted by Crippen LogP contribution is 2.43. The molecule has 1 aromatic rings. The lowest BCUT2D eigenvalue weighted by Crippen LogP contribution is -2.57. The fourth-order valence-electron chi connectivity index (χ4n) is 5.39. The van der Waals surface area contributed by atoms with E-state index in [1.54, 1.807) is 0 Å². The van der Waals surface area contributed by atoms with E-state index >= 15 is 0 Å². The van der Waals surface area contributed by atoms with Gasteiger partial charge in [-0.3, -0.25) is 4.90 Å². The van der Waals surface area contributed by atoms with E-state index in [4.69, 9.17) is 11.6 Å². The van der Waals surface area contributed by atoms with Gasteiger partial charge < -0.3 is 0 Å². The van der Waals surface area contributed by atoms with Gasteiger partial charge in [0.05, 0.1) is 5.75 Å². The molecule has 2 saturated heterocycles. The summed E-state index contributed by atoms with van der Waals surface area (Å²) < 4.78 is 27.7. The molecule has 0 spiro atoms. The van der Waals surface area contributed by atoms with Crippen LogP contribution in [0.5, 0.6) is 0 Å². The second-order valence-corrected chi connectivity index (χ2v) is 10.7. The summed E-state index contributed by atoms with van der Waals surface area (Å²) in [4.78, 5) is 2.62. The van der Waals surface area contributed by atoms with Crippen molar-refractivity contribution in [1.29, 1.82) is 0 Å². The normalized spacial score (nSPS) is 29.0. The molecule has 4 rings (SSSR count). The Morgan fingerprint density at radius 2 is 2.11 bits per heavy atom. The van der Waals surface area contributed by atoms with Crippen LogP contribution >= 0.6 is 11.6 Å². The Kier molecular flexibility index (Phi) is 5.84. The molecule has 0 saturated carbocycles. The van der Waals surface area contributed by atoms with E-state index in [2.05, 4.69) is 30.0 Å². The van der Waals surface area contributed by atoms with Crippen molar-refractivity contribution < 1.29 is 8.42 Å². The van der Waals surface area contributed by atoms with Gasteiger partial charge in [0.15, 0.2) is 0 Å². The molecule has 4 nitrogen and oxygen atoms in total. The third-order valence-electron chi connectivity index (χ3n) is 6.78. The Labute approximate surface area is 168 Å². The second-order valence-electron chi connectivity index (χ2n) is 8.32. The molecule has 3 aliphatic rings. The van der Waals surface area contributed by atoms with Crippen molar-refractivity contribution in [3.63, 3.8) is 0 Å². The number of fused-ring (bicyclic) bond motifs is 4. The topological polar surface area (TPSA) is 40.6 Å². The molecule has 0 amide bonds. The maximum Gasteiger partial charge on any atom is 0.214 e. The maximum atomic E-state index is 12.9. The fourth-order valence-corrected chi connectivity index (χ4v) is 7.50. The van der Waals surface area contributed by atoms with E-state index in [0.29, 0.717) is 30.8 Å². The van der Waals surface area contributed by atoms with Crippen LogP contribution in [-0.4, -0.2) is 54.9 Å². The van der Waals surface area contributed by atoms with Crippen molar-refractivity contribution in [2.45, 2.75) is 57.5 Å². The zero-order chi connectivity index (χ0) is 19.0. The highest BCUT2D eigenvalue weighted by molar-refractivity contribution is 7.89. The van der Waals surface area contributed by atoms with Crippen LogP contribution in [-0.2, 0) is 22.9 Å². The highest BCUT2D eigenvalue weighted by Gasteiger charge is 2.45. The molecule has 0 bridgehead atoms. The van der Waals surface area contributed by atoms with Gasteiger partial charge >= 0.3 is 0 Å². The fraction of sp³-hybridized carbons (Fsp3) is 0.714. The van der Waals surface area contributed by atoms with Gasteiger partial charge in [-0.1, -0.05) is 25.1 Å². The Bertz CT molecular complexity index is 782. The summed E-state index contributed by atoms with van der Waals surface area (Å²) in [5.41, 5.74) is 4.31. The molecule has 3 atom stereocenters. The number of rotatable bonds is 5. The smallest absolute Gasteiger partial charge is 0.214 e. The lowest BCUT2D eigenvalue weighted by Gasteiger charge is -2.51. The van der Waals surface area contributed by atoms with Crippen LogP contribution in [0.2, 0.25) is 0 Å². The molecule has 6 heteroatoms. The van der Waals surface area contributed by atoms with Gasteiger partial charge in [-0.2, -0.15) is 4.31 Å².